The molecule has 0 amide bonds. The van der Waals surface area contributed by atoms with Crippen molar-refractivity contribution >= 4 is 5.97 Å². The SMILES string of the molecule is CC/C=C\C/C=C\C/C=C\C/C=C\C/C=C\C/C=C\CCC(=O)OC(COCCCCCCCCCCCCCCCCCCCC)COC1OC(COC2OC(CO)C(O)C(O)C2O)C(O)C(O)C1O. The van der Waals surface area contributed by atoms with Gasteiger partial charge in [0.2, 0.25) is 0 Å². The first kappa shape index (κ1) is 64.5. The van der Waals surface area contributed by atoms with E-state index in [2.05, 4.69) is 74.6 Å². The van der Waals surface area contributed by atoms with Crippen LogP contribution in [-0.4, -0.2) is 142 Å². The van der Waals surface area contributed by atoms with Gasteiger partial charge >= 0.3 is 5.97 Å². The van der Waals surface area contributed by atoms with Crippen molar-refractivity contribution in [2.75, 3.05) is 33.0 Å². The molecule has 11 atom stereocenters. The number of esters is 1. The van der Waals surface area contributed by atoms with Gasteiger partial charge in [-0.2, -0.15) is 0 Å². The molecule has 0 aromatic carbocycles. The summed E-state index contributed by atoms with van der Waals surface area (Å²) in [7, 11) is 0. The third-order valence-electron chi connectivity index (χ3n) is 12.7. The van der Waals surface area contributed by atoms with Crippen molar-refractivity contribution in [3.05, 3.63) is 72.9 Å². The van der Waals surface area contributed by atoms with Crippen LogP contribution in [0.5, 0.6) is 0 Å². The van der Waals surface area contributed by atoms with E-state index in [0.29, 0.717) is 13.0 Å². The molecule has 0 saturated carbocycles. The topological polar surface area (TPSA) is 214 Å². The molecule has 410 valence electrons. The summed E-state index contributed by atoms with van der Waals surface area (Å²) in [6.45, 7) is 3.49. The first-order valence-corrected chi connectivity index (χ1v) is 27.5. The zero-order valence-corrected chi connectivity index (χ0v) is 43.7. The number of aliphatic hydroxyl groups excluding tert-OH is 7. The van der Waals surface area contributed by atoms with E-state index >= 15 is 0 Å². The Morgan fingerprint density at radius 3 is 1.35 bits per heavy atom. The quantitative estimate of drug-likeness (QED) is 0.0173. The predicted octanol–water partition coefficient (Wildman–Crippen LogP) is 9.08. The third kappa shape index (κ3) is 31.0. The molecule has 14 heteroatoms. The lowest BCUT2D eigenvalue weighted by molar-refractivity contribution is -0.332. The molecular formula is C57H98O14. The Labute approximate surface area is 427 Å². The Bertz CT molecular complexity index is 1450. The molecule has 7 N–H and O–H groups in total. The summed E-state index contributed by atoms with van der Waals surface area (Å²) in [5.41, 5.74) is 0. The number of allylic oxidation sites excluding steroid dienone is 12. The average Bonchev–Trinajstić information content (AvgIpc) is 3.37. The minimum atomic E-state index is -1.72. The van der Waals surface area contributed by atoms with Crippen LogP contribution in [0.4, 0.5) is 0 Å². The first-order chi connectivity index (χ1) is 34.6. The Morgan fingerprint density at radius 1 is 0.479 bits per heavy atom. The van der Waals surface area contributed by atoms with E-state index in [9.17, 15) is 40.5 Å². The van der Waals surface area contributed by atoms with Crippen LogP contribution in [0.2, 0.25) is 0 Å². The van der Waals surface area contributed by atoms with Crippen LogP contribution in [0.1, 0.15) is 181 Å². The van der Waals surface area contributed by atoms with Crippen molar-refractivity contribution < 1.29 is 69.0 Å². The van der Waals surface area contributed by atoms with E-state index in [1.54, 1.807) is 0 Å². The van der Waals surface area contributed by atoms with Crippen LogP contribution in [0.3, 0.4) is 0 Å². The van der Waals surface area contributed by atoms with Gasteiger partial charge in [0.1, 0.15) is 54.9 Å². The zero-order valence-electron chi connectivity index (χ0n) is 43.7. The zero-order chi connectivity index (χ0) is 51.6. The van der Waals surface area contributed by atoms with E-state index in [-0.39, 0.29) is 19.6 Å². The van der Waals surface area contributed by atoms with Crippen LogP contribution < -0.4 is 0 Å². The lowest BCUT2D eigenvalue weighted by Crippen LogP contribution is -2.61. The van der Waals surface area contributed by atoms with Crippen molar-refractivity contribution in [2.45, 2.75) is 248 Å². The summed E-state index contributed by atoms with van der Waals surface area (Å²) in [6, 6.07) is 0. The fourth-order valence-corrected chi connectivity index (χ4v) is 8.31. The molecule has 2 fully saturated rings. The van der Waals surface area contributed by atoms with Gasteiger partial charge in [0.05, 0.1) is 26.4 Å². The van der Waals surface area contributed by atoms with Crippen molar-refractivity contribution in [3.63, 3.8) is 0 Å². The lowest BCUT2D eigenvalue weighted by Gasteiger charge is -2.42. The van der Waals surface area contributed by atoms with Crippen molar-refractivity contribution in [3.8, 4) is 0 Å². The van der Waals surface area contributed by atoms with Gasteiger partial charge < -0.3 is 64.2 Å². The maximum atomic E-state index is 13.0. The number of aliphatic hydroxyl groups is 7. The number of unbranched alkanes of at least 4 members (excludes halogenated alkanes) is 17. The Hall–Kier alpha value is -2.57. The minimum Gasteiger partial charge on any atom is -0.457 e. The smallest absolute Gasteiger partial charge is 0.306 e. The molecule has 0 radical (unpaired) electrons. The van der Waals surface area contributed by atoms with Crippen LogP contribution in [0, 0.1) is 0 Å². The molecule has 2 heterocycles. The van der Waals surface area contributed by atoms with Gasteiger partial charge in [0, 0.05) is 13.0 Å². The Morgan fingerprint density at radius 2 is 0.887 bits per heavy atom. The molecule has 2 rings (SSSR count). The predicted molar refractivity (Wildman–Crippen MR) is 279 cm³/mol. The largest absolute Gasteiger partial charge is 0.457 e. The third-order valence-corrected chi connectivity index (χ3v) is 12.7. The molecule has 71 heavy (non-hydrogen) atoms. The number of carbonyl (C=O) groups is 1. The summed E-state index contributed by atoms with van der Waals surface area (Å²) in [5.74, 6) is -0.457. The molecule has 14 nitrogen and oxygen atoms in total. The minimum absolute atomic E-state index is 0.0300. The number of hydrogen-bond acceptors (Lipinski definition) is 14. The van der Waals surface area contributed by atoms with E-state index in [0.717, 1.165) is 57.8 Å². The highest BCUT2D eigenvalue weighted by molar-refractivity contribution is 5.69. The molecule has 2 saturated heterocycles. The van der Waals surface area contributed by atoms with Gasteiger partial charge in [-0.25, -0.2) is 0 Å². The summed E-state index contributed by atoms with van der Waals surface area (Å²) in [4.78, 5) is 13.0. The van der Waals surface area contributed by atoms with Gasteiger partial charge in [0.25, 0.3) is 0 Å². The van der Waals surface area contributed by atoms with Crippen molar-refractivity contribution in [2.24, 2.45) is 0 Å². The first-order valence-electron chi connectivity index (χ1n) is 27.5. The van der Waals surface area contributed by atoms with Gasteiger partial charge in [-0.05, 0) is 51.4 Å². The molecule has 0 aromatic rings. The second-order valence-electron chi connectivity index (χ2n) is 19.0. The molecule has 11 unspecified atom stereocenters. The van der Waals surface area contributed by atoms with Gasteiger partial charge in [-0.3, -0.25) is 4.79 Å². The normalized spacial score (nSPS) is 25.9. The highest BCUT2D eigenvalue weighted by atomic mass is 16.7. The number of hydrogen-bond donors (Lipinski definition) is 7. The van der Waals surface area contributed by atoms with E-state index in [1.165, 1.54) is 96.3 Å². The Balaban J connectivity index is 1.78. The maximum absolute atomic E-state index is 13.0. The molecule has 2 aliphatic rings. The summed E-state index contributed by atoms with van der Waals surface area (Å²) in [6.07, 6.45) is 38.3. The molecule has 0 aromatic heterocycles. The molecular weight excluding hydrogens is 909 g/mol. The van der Waals surface area contributed by atoms with Crippen LogP contribution in [0.15, 0.2) is 72.9 Å². The summed E-state index contributed by atoms with van der Waals surface area (Å²) < 4.78 is 34.2. The molecule has 2 aliphatic heterocycles. The van der Waals surface area contributed by atoms with Gasteiger partial charge in [-0.1, -0.05) is 196 Å². The highest BCUT2D eigenvalue weighted by Crippen LogP contribution is 2.26. The average molecular weight is 1010 g/mol. The summed E-state index contributed by atoms with van der Waals surface area (Å²) in [5, 5.41) is 72.2. The monoisotopic (exact) mass is 1010 g/mol. The van der Waals surface area contributed by atoms with Crippen LogP contribution in [-0.2, 0) is 33.2 Å². The van der Waals surface area contributed by atoms with Gasteiger partial charge in [0.15, 0.2) is 12.6 Å². The van der Waals surface area contributed by atoms with E-state index < -0.39 is 86.7 Å². The highest BCUT2D eigenvalue weighted by Gasteiger charge is 2.47. The second kappa shape index (κ2) is 43.8. The lowest BCUT2D eigenvalue weighted by atomic mass is 9.98. The second-order valence-corrected chi connectivity index (χ2v) is 19.0. The molecule has 0 bridgehead atoms. The number of rotatable bonds is 43. The van der Waals surface area contributed by atoms with E-state index in [4.69, 9.17) is 28.4 Å². The van der Waals surface area contributed by atoms with Crippen LogP contribution >= 0.6 is 0 Å². The fourth-order valence-electron chi connectivity index (χ4n) is 8.31. The van der Waals surface area contributed by atoms with Gasteiger partial charge in [-0.15, -0.1) is 0 Å². The fraction of sp³-hybridized carbons (Fsp3) is 0.772. The van der Waals surface area contributed by atoms with E-state index in [1.807, 2.05) is 12.2 Å². The van der Waals surface area contributed by atoms with Crippen molar-refractivity contribution in [1.29, 1.82) is 0 Å². The molecule has 0 spiro atoms. The van der Waals surface area contributed by atoms with Crippen molar-refractivity contribution in [1.82, 2.24) is 0 Å². The summed E-state index contributed by atoms with van der Waals surface area (Å²) >= 11 is 0. The number of carbonyl (C=O) groups excluding carboxylic acids is 1. The van der Waals surface area contributed by atoms with Crippen LogP contribution in [0.25, 0.3) is 0 Å². The Kier molecular flexibility index (Phi) is 39.8. The maximum Gasteiger partial charge on any atom is 0.306 e. The standard InChI is InChI=1S/C57H98O14/c1-3-5-7-9-11-13-15-17-19-21-23-24-26-28-30-32-34-36-38-40-49(59)69-46(43-66-41-39-37-35-33-31-29-27-25-22-20-18-16-14-12-10-8-6-4-2)44-67-56-55(65)53(63)51(61)48(71-56)45-68-57-54(64)52(62)50(60)47(42-58)70-57/h5,7,11,13,17,19,23-24,28,30,34,36,46-48,50-58,60-65H,3-4,6,8-10,12,14-16,18,20-22,25-27,29,31-33,35,37-45H2,1-2H3/b7-5-,13-11-,19-17-,24-23-,30-28-,36-34-. The molecule has 0 aliphatic carbocycles. The number of ether oxygens (including phenoxy) is 6.